The van der Waals surface area contributed by atoms with E-state index in [0.717, 1.165) is 29.9 Å². The Morgan fingerprint density at radius 2 is 1.90 bits per heavy atom. The fourth-order valence-electron chi connectivity index (χ4n) is 3.31. The van der Waals surface area contributed by atoms with Gasteiger partial charge in [0, 0.05) is 6.42 Å². The van der Waals surface area contributed by atoms with Gasteiger partial charge in [0.25, 0.3) is 0 Å². The molecule has 0 radical (unpaired) electrons. The average molecular weight is 291 g/mol. The summed E-state index contributed by atoms with van der Waals surface area (Å²) in [5, 5.41) is 8.81. The lowest BCUT2D eigenvalue weighted by molar-refractivity contribution is -0.125. The molecule has 0 atom stereocenters. The molecule has 1 spiro atoms. The van der Waals surface area contributed by atoms with Crippen molar-refractivity contribution in [1.82, 2.24) is 0 Å². The lowest BCUT2D eigenvalue weighted by atomic mass is 9.84. The highest BCUT2D eigenvalue weighted by molar-refractivity contribution is 6.22. The number of halogens is 1. The largest absolute Gasteiger partial charge is 0.478 e. The highest BCUT2D eigenvalue weighted by atomic mass is 19.1. The number of aromatic carboxylic acids is 1. The second-order valence-corrected chi connectivity index (χ2v) is 5.67. The maximum atomic E-state index is 13.7. The number of nitrogens with zero attached hydrogens (tertiary/aromatic N) is 1. The van der Waals surface area contributed by atoms with Gasteiger partial charge in [0.2, 0.25) is 11.8 Å². The van der Waals surface area contributed by atoms with Crippen LogP contribution in [0.3, 0.4) is 0 Å². The molecule has 2 aliphatic rings. The molecule has 0 unspecified atom stereocenters. The molecule has 1 heterocycles. The van der Waals surface area contributed by atoms with Crippen molar-refractivity contribution in [1.29, 1.82) is 0 Å². The van der Waals surface area contributed by atoms with Gasteiger partial charge in [-0.2, -0.15) is 0 Å². The van der Waals surface area contributed by atoms with E-state index in [1.165, 1.54) is 6.07 Å². The van der Waals surface area contributed by atoms with Gasteiger partial charge in [-0.25, -0.2) is 14.1 Å². The third kappa shape index (κ3) is 2.02. The van der Waals surface area contributed by atoms with Crippen molar-refractivity contribution < 1.29 is 23.9 Å². The molecule has 3 rings (SSSR count). The summed E-state index contributed by atoms with van der Waals surface area (Å²) in [6.45, 7) is 0. The van der Waals surface area contributed by atoms with Gasteiger partial charge in [-0.15, -0.1) is 0 Å². The minimum Gasteiger partial charge on any atom is -0.478 e. The number of imide groups is 1. The van der Waals surface area contributed by atoms with Crippen LogP contribution < -0.4 is 4.90 Å². The number of carboxylic acids is 1. The predicted octanol–water partition coefficient (Wildman–Crippen LogP) is 2.35. The van der Waals surface area contributed by atoms with Crippen LogP contribution in [0.2, 0.25) is 0 Å². The van der Waals surface area contributed by atoms with Crippen LogP contribution in [0.1, 0.15) is 42.5 Å². The van der Waals surface area contributed by atoms with Crippen molar-refractivity contribution in [2.24, 2.45) is 5.41 Å². The van der Waals surface area contributed by atoms with Crippen molar-refractivity contribution in [3.05, 3.63) is 29.6 Å². The van der Waals surface area contributed by atoms with Gasteiger partial charge >= 0.3 is 5.97 Å². The first-order valence-corrected chi connectivity index (χ1v) is 6.85. The standard InChI is InChI=1S/C15H14FNO4/c16-11-7-9(3-4-10(11)13(19)20)17-12(18)8-15(14(17)21)5-1-2-6-15/h3-4,7H,1-2,5-6,8H2,(H,19,20). The van der Waals surface area contributed by atoms with Crippen molar-refractivity contribution in [3.8, 4) is 0 Å². The fourth-order valence-corrected chi connectivity index (χ4v) is 3.31. The minimum atomic E-state index is -1.38. The smallest absolute Gasteiger partial charge is 0.338 e. The Hall–Kier alpha value is -2.24. The fraction of sp³-hybridized carbons (Fsp3) is 0.400. The van der Waals surface area contributed by atoms with Crippen molar-refractivity contribution in [2.75, 3.05) is 4.90 Å². The number of hydrogen-bond acceptors (Lipinski definition) is 3. The molecule has 6 heteroatoms. The Balaban J connectivity index is 1.97. The van der Waals surface area contributed by atoms with Crippen LogP contribution >= 0.6 is 0 Å². The summed E-state index contributed by atoms with van der Waals surface area (Å²) >= 11 is 0. The maximum Gasteiger partial charge on any atom is 0.338 e. The third-order valence-corrected chi connectivity index (χ3v) is 4.40. The van der Waals surface area contributed by atoms with E-state index in [0.29, 0.717) is 12.8 Å². The van der Waals surface area contributed by atoms with Gasteiger partial charge in [0.05, 0.1) is 16.7 Å². The number of carbonyl (C=O) groups is 3. The Bertz CT molecular complexity index is 649. The second kappa shape index (κ2) is 4.65. The Morgan fingerprint density at radius 1 is 1.24 bits per heavy atom. The van der Waals surface area contributed by atoms with Crippen LogP contribution in [0.25, 0.3) is 0 Å². The molecule has 1 aliphatic heterocycles. The van der Waals surface area contributed by atoms with E-state index < -0.39 is 22.8 Å². The summed E-state index contributed by atoms with van der Waals surface area (Å²) in [5.41, 5.74) is -0.997. The number of carboxylic acid groups (broad SMARTS) is 1. The first-order valence-electron chi connectivity index (χ1n) is 6.85. The van der Waals surface area contributed by atoms with E-state index in [9.17, 15) is 18.8 Å². The van der Waals surface area contributed by atoms with Crippen LogP contribution in [-0.4, -0.2) is 22.9 Å². The summed E-state index contributed by atoms with van der Waals surface area (Å²) in [4.78, 5) is 36.5. The van der Waals surface area contributed by atoms with Crippen LogP contribution in [-0.2, 0) is 9.59 Å². The normalized spacial score (nSPS) is 20.5. The Labute approximate surface area is 120 Å². The third-order valence-electron chi connectivity index (χ3n) is 4.40. The van der Waals surface area contributed by atoms with Gasteiger partial charge in [0.1, 0.15) is 5.82 Å². The predicted molar refractivity (Wildman–Crippen MR) is 71.4 cm³/mol. The summed E-state index contributed by atoms with van der Waals surface area (Å²) in [6.07, 6.45) is 3.36. The molecular weight excluding hydrogens is 277 g/mol. The molecule has 1 aliphatic carbocycles. The van der Waals surface area contributed by atoms with Crippen LogP contribution in [0, 0.1) is 11.2 Å². The molecule has 110 valence electrons. The van der Waals surface area contributed by atoms with Gasteiger partial charge < -0.3 is 5.11 Å². The molecule has 21 heavy (non-hydrogen) atoms. The van der Waals surface area contributed by atoms with Crippen LogP contribution in [0.5, 0.6) is 0 Å². The summed E-state index contributed by atoms with van der Waals surface area (Å²) in [7, 11) is 0. The monoisotopic (exact) mass is 291 g/mol. The number of anilines is 1. The number of rotatable bonds is 2. The molecule has 5 nitrogen and oxygen atoms in total. The van der Waals surface area contributed by atoms with E-state index in [1.807, 2.05) is 0 Å². The number of carbonyl (C=O) groups excluding carboxylic acids is 2. The van der Waals surface area contributed by atoms with Crippen molar-refractivity contribution in [3.63, 3.8) is 0 Å². The molecule has 0 aromatic heterocycles. The van der Waals surface area contributed by atoms with Crippen molar-refractivity contribution in [2.45, 2.75) is 32.1 Å². The molecule has 1 aromatic rings. The SMILES string of the molecule is O=C(O)c1ccc(N2C(=O)CC3(CCCC3)C2=O)cc1F. The van der Waals surface area contributed by atoms with Gasteiger partial charge in [-0.1, -0.05) is 12.8 Å². The van der Waals surface area contributed by atoms with Gasteiger partial charge in [-0.3, -0.25) is 9.59 Å². The van der Waals surface area contributed by atoms with E-state index >= 15 is 0 Å². The maximum absolute atomic E-state index is 13.7. The second-order valence-electron chi connectivity index (χ2n) is 5.67. The van der Waals surface area contributed by atoms with Gasteiger partial charge in [0.15, 0.2) is 0 Å². The van der Waals surface area contributed by atoms with Crippen molar-refractivity contribution >= 4 is 23.5 Å². The topological polar surface area (TPSA) is 74.7 Å². The molecule has 1 saturated heterocycles. The van der Waals surface area contributed by atoms with Crippen LogP contribution in [0.4, 0.5) is 10.1 Å². The van der Waals surface area contributed by atoms with E-state index in [2.05, 4.69) is 0 Å². The lowest BCUT2D eigenvalue weighted by Crippen LogP contribution is -2.34. The van der Waals surface area contributed by atoms with E-state index in [-0.39, 0.29) is 23.9 Å². The molecule has 2 fully saturated rings. The molecule has 1 aromatic carbocycles. The zero-order chi connectivity index (χ0) is 15.2. The first-order chi connectivity index (χ1) is 9.94. The zero-order valence-corrected chi connectivity index (χ0v) is 11.3. The van der Waals surface area contributed by atoms with Gasteiger partial charge in [-0.05, 0) is 31.0 Å². The van der Waals surface area contributed by atoms with E-state index in [1.54, 1.807) is 0 Å². The highest BCUT2D eigenvalue weighted by Gasteiger charge is 2.53. The summed E-state index contributed by atoms with van der Waals surface area (Å²) < 4.78 is 13.7. The Kier molecular flexibility index (Phi) is 3.04. The minimum absolute atomic E-state index is 0.108. The summed E-state index contributed by atoms with van der Waals surface area (Å²) in [5.74, 6) is -2.96. The quantitative estimate of drug-likeness (QED) is 0.849. The lowest BCUT2D eigenvalue weighted by Gasteiger charge is -2.21. The zero-order valence-electron chi connectivity index (χ0n) is 11.3. The summed E-state index contributed by atoms with van der Waals surface area (Å²) in [6, 6.07) is 3.32. The van der Waals surface area contributed by atoms with E-state index in [4.69, 9.17) is 5.11 Å². The Morgan fingerprint density at radius 3 is 2.48 bits per heavy atom. The molecular formula is C15H14FNO4. The van der Waals surface area contributed by atoms with Crippen LogP contribution in [0.15, 0.2) is 18.2 Å². The highest BCUT2D eigenvalue weighted by Crippen LogP contribution is 2.48. The number of benzene rings is 1. The number of amides is 2. The molecule has 1 saturated carbocycles. The molecule has 2 amide bonds. The first kappa shape index (κ1) is 13.7. The average Bonchev–Trinajstić information content (AvgIpc) is 2.96. The number of hydrogen-bond donors (Lipinski definition) is 1. The molecule has 0 bridgehead atoms. The molecule has 1 N–H and O–H groups in total.